The van der Waals surface area contributed by atoms with Crippen LogP contribution in [0.3, 0.4) is 0 Å². The number of hydrogen-bond acceptors (Lipinski definition) is 1. The van der Waals surface area contributed by atoms with Crippen LogP contribution in [0.1, 0.15) is 6.92 Å². The van der Waals surface area contributed by atoms with Gasteiger partial charge in [-0.05, 0) is 6.92 Å². The Labute approximate surface area is 86.3 Å². The Hall–Kier alpha value is -1.26. The number of allylic oxidation sites excluding steroid dienone is 4. The molecular weight excluding hydrogens is 182 g/mol. The maximum Gasteiger partial charge on any atom is 0.0905 e. The standard InChI is InChI=1S/C4H7Cl.C4H6.C3H3N/c1-4(2)3-5;1-3-4-2;1-2-3-4/h1,3H2,2H3;3-4H,1-2H2;2H,1H2. The van der Waals surface area contributed by atoms with Crippen LogP contribution in [-0.2, 0) is 0 Å². The number of halogens is 1. The molecule has 0 aliphatic carbocycles. The van der Waals surface area contributed by atoms with Crippen molar-refractivity contribution < 1.29 is 0 Å². The molecule has 0 spiro atoms. The molecule has 0 saturated heterocycles. The predicted octanol–water partition coefficient (Wildman–Crippen LogP) is 3.86. The van der Waals surface area contributed by atoms with Crippen LogP contribution in [0.5, 0.6) is 0 Å². The molecule has 1 nitrogen and oxygen atoms in total. The van der Waals surface area contributed by atoms with Crippen LogP contribution in [0, 0.1) is 11.3 Å². The second-order valence-electron chi connectivity index (χ2n) is 1.90. The molecule has 0 aliphatic rings. The first-order valence-electron chi connectivity index (χ1n) is 3.54. The molecule has 0 unspecified atom stereocenters. The van der Waals surface area contributed by atoms with Gasteiger partial charge in [-0.25, -0.2) is 0 Å². The zero-order valence-corrected chi connectivity index (χ0v) is 8.85. The van der Waals surface area contributed by atoms with Crippen LogP contribution in [0.15, 0.2) is 50.1 Å². The summed E-state index contributed by atoms with van der Waals surface area (Å²) in [4.78, 5) is 0. The second kappa shape index (κ2) is 22.4. The first kappa shape index (κ1) is 17.7. The van der Waals surface area contributed by atoms with Gasteiger partial charge in [0.2, 0.25) is 0 Å². The molecule has 0 amide bonds. The van der Waals surface area contributed by atoms with Gasteiger partial charge >= 0.3 is 0 Å². The Morgan fingerprint density at radius 2 is 1.62 bits per heavy atom. The molecule has 13 heavy (non-hydrogen) atoms. The summed E-state index contributed by atoms with van der Waals surface area (Å²) in [6, 6.07) is 1.69. The van der Waals surface area contributed by atoms with E-state index in [9.17, 15) is 0 Å². The Kier molecular flexibility index (Phi) is 30.6. The van der Waals surface area contributed by atoms with Crippen LogP contribution in [0.2, 0.25) is 0 Å². The zero-order valence-electron chi connectivity index (χ0n) is 8.09. The van der Waals surface area contributed by atoms with Gasteiger partial charge in [0.25, 0.3) is 0 Å². The maximum atomic E-state index is 7.51. The van der Waals surface area contributed by atoms with Gasteiger partial charge in [0, 0.05) is 12.0 Å². The number of nitrogens with zero attached hydrogens (tertiary/aromatic N) is 1. The Morgan fingerprint density at radius 3 is 1.62 bits per heavy atom. The van der Waals surface area contributed by atoms with Crippen LogP contribution in [0.25, 0.3) is 0 Å². The summed E-state index contributed by atoms with van der Waals surface area (Å²) in [5, 5.41) is 7.51. The predicted molar refractivity (Wildman–Crippen MR) is 61.7 cm³/mol. The monoisotopic (exact) mass is 197 g/mol. The summed E-state index contributed by atoms with van der Waals surface area (Å²) in [5.41, 5.74) is 1.02. The molecule has 0 aromatic carbocycles. The maximum absolute atomic E-state index is 7.51. The molecular formula is C11H16ClN. The normalized spacial score (nSPS) is 5.62. The van der Waals surface area contributed by atoms with Crippen LogP contribution in [0.4, 0.5) is 0 Å². The molecule has 2 heteroatoms. The Balaban J connectivity index is -0.000000117. The third-order valence-corrected chi connectivity index (χ3v) is 0.942. The highest BCUT2D eigenvalue weighted by Gasteiger charge is 1.70. The minimum Gasteiger partial charge on any atom is -0.193 e. The summed E-state index contributed by atoms with van der Waals surface area (Å²) in [7, 11) is 0. The van der Waals surface area contributed by atoms with E-state index in [1.165, 1.54) is 6.08 Å². The fraction of sp³-hybridized carbons (Fsp3) is 0.182. The van der Waals surface area contributed by atoms with E-state index in [0.29, 0.717) is 5.88 Å². The fourth-order valence-corrected chi connectivity index (χ4v) is 0. The van der Waals surface area contributed by atoms with E-state index in [-0.39, 0.29) is 0 Å². The van der Waals surface area contributed by atoms with Gasteiger partial charge in [0.1, 0.15) is 0 Å². The lowest BCUT2D eigenvalue weighted by Crippen LogP contribution is -1.65. The number of alkyl halides is 1. The van der Waals surface area contributed by atoms with Crippen molar-refractivity contribution in [2.24, 2.45) is 0 Å². The lowest BCUT2D eigenvalue weighted by atomic mass is 10.4. The van der Waals surface area contributed by atoms with Gasteiger partial charge in [-0.3, -0.25) is 0 Å². The van der Waals surface area contributed by atoms with E-state index in [2.05, 4.69) is 26.3 Å². The molecule has 72 valence electrons. The van der Waals surface area contributed by atoms with Crippen LogP contribution < -0.4 is 0 Å². The largest absolute Gasteiger partial charge is 0.193 e. The van der Waals surface area contributed by atoms with E-state index in [0.717, 1.165) is 5.57 Å². The van der Waals surface area contributed by atoms with Crippen LogP contribution >= 0.6 is 11.6 Å². The van der Waals surface area contributed by atoms with Gasteiger partial charge in [-0.1, -0.05) is 44.0 Å². The summed E-state index contributed by atoms with van der Waals surface area (Å²) in [6.07, 6.45) is 4.46. The summed E-state index contributed by atoms with van der Waals surface area (Å²) in [5.74, 6) is 0.583. The molecule has 0 heterocycles. The number of rotatable bonds is 2. The molecule has 0 bridgehead atoms. The molecule has 0 atom stereocenters. The average Bonchev–Trinajstić information content (AvgIpc) is 2.18. The molecule has 0 aromatic rings. The summed E-state index contributed by atoms with van der Waals surface area (Å²) < 4.78 is 0. The lowest BCUT2D eigenvalue weighted by molar-refractivity contribution is 1.43. The summed E-state index contributed by atoms with van der Waals surface area (Å²) >= 11 is 5.24. The van der Waals surface area contributed by atoms with E-state index in [1.54, 1.807) is 18.2 Å². The Bertz CT molecular complexity index is 181. The van der Waals surface area contributed by atoms with Crippen LogP contribution in [-0.4, -0.2) is 5.88 Å². The van der Waals surface area contributed by atoms with Gasteiger partial charge in [0.15, 0.2) is 0 Å². The van der Waals surface area contributed by atoms with Gasteiger partial charge in [-0.15, -0.1) is 11.6 Å². The van der Waals surface area contributed by atoms with E-state index < -0.39 is 0 Å². The minimum atomic E-state index is 0.583. The molecule has 0 rings (SSSR count). The van der Waals surface area contributed by atoms with E-state index in [1.807, 2.05) is 6.92 Å². The SMILES string of the molecule is C=C(C)CCl.C=CC#N.C=CC=C. The third-order valence-electron chi connectivity index (χ3n) is 0.486. The highest BCUT2D eigenvalue weighted by Crippen LogP contribution is 1.86. The van der Waals surface area contributed by atoms with E-state index >= 15 is 0 Å². The van der Waals surface area contributed by atoms with Crippen molar-refractivity contribution in [3.63, 3.8) is 0 Å². The molecule has 0 N–H and O–H groups in total. The average molecular weight is 198 g/mol. The quantitative estimate of drug-likeness (QED) is 0.286. The van der Waals surface area contributed by atoms with Gasteiger partial charge in [-0.2, -0.15) is 5.26 Å². The number of hydrogen-bond donors (Lipinski definition) is 0. The highest BCUT2D eigenvalue weighted by molar-refractivity contribution is 6.19. The lowest BCUT2D eigenvalue weighted by Gasteiger charge is -1.77. The number of nitriles is 1. The first-order valence-corrected chi connectivity index (χ1v) is 4.08. The van der Waals surface area contributed by atoms with Gasteiger partial charge in [0.05, 0.1) is 6.07 Å². The second-order valence-corrected chi connectivity index (χ2v) is 2.16. The van der Waals surface area contributed by atoms with Crippen molar-refractivity contribution in [2.45, 2.75) is 6.92 Å². The van der Waals surface area contributed by atoms with Crippen molar-refractivity contribution in [3.8, 4) is 6.07 Å². The third kappa shape index (κ3) is 109. The molecule has 0 saturated carbocycles. The molecule has 0 aromatic heterocycles. The molecule has 0 radical (unpaired) electrons. The van der Waals surface area contributed by atoms with Crippen molar-refractivity contribution in [3.05, 3.63) is 50.1 Å². The van der Waals surface area contributed by atoms with Crippen molar-refractivity contribution in [1.29, 1.82) is 5.26 Å². The van der Waals surface area contributed by atoms with Crippen molar-refractivity contribution >= 4 is 11.6 Å². The minimum absolute atomic E-state index is 0.583. The molecule has 0 fully saturated rings. The van der Waals surface area contributed by atoms with Gasteiger partial charge < -0.3 is 0 Å². The smallest absolute Gasteiger partial charge is 0.0905 e. The first-order chi connectivity index (χ1) is 6.10. The molecule has 0 aliphatic heterocycles. The fourth-order valence-electron chi connectivity index (χ4n) is 0. The zero-order chi connectivity index (χ0) is 11.1. The summed E-state index contributed by atoms with van der Waals surface area (Å²) in [6.45, 7) is 15.3. The van der Waals surface area contributed by atoms with Crippen molar-refractivity contribution in [2.75, 3.05) is 5.88 Å². The Morgan fingerprint density at radius 1 is 1.38 bits per heavy atom. The topological polar surface area (TPSA) is 23.8 Å². The van der Waals surface area contributed by atoms with E-state index in [4.69, 9.17) is 16.9 Å². The van der Waals surface area contributed by atoms with Crippen molar-refractivity contribution in [1.82, 2.24) is 0 Å². The highest BCUT2D eigenvalue weighted by atomic mass is 35.5.